The van der Waals surface area contributed by atoms with E-state index in [1.807, 2.05) is 24.3 Å². The van der Waals surface area contributed by atoms with Crippen molar-refractivity contribution in [2.75, 3.05) is 18.5 Å². The number of para-hydroxylation sites is 2. The third kappa shape index (κ3) is 5.38. The summed E-state index contributed by atoms with van der Waals surface area (Å²) in [5, 5.41) is 2.98. The lowest BCUT2D eigenvalue weighted by molar-refractivity contribution is -0.117. The van der Waals surface area contributed by atoms with Gasteiger partial charge in [-0.15, -0.1) is 0 Å². The molecule has 3 N–H and O–H groups in total. The Kier molecular flexibility index (Phi) is 6.54. The minimum absolute atomic E-state index is 0.0886. The summed E-state index contributed by atoms with van der Waals surface area (Å²) in [5.41, 5.74) is 6.19. The Hall–Kier alpha value is -1.55. The molecule has 0 atom stereocenters. The molecule has 0 aliphatic heterocycles. The number of nitrogens with two attached hydrogens (primary N) is 1. The molecule has 1 aromatic carbocycles. The van der Waals surface area contributed by atoms with Crippen molar-refractivity contribution in [1.82, 2.24) is 0 Å². The van der Waals surface area contributed by atoms with Gasteiger partial charge in [-0.25, -0.2) is 0 Å². The van der Waals surface area contributed by atoms with Crippen molar-refractivity contribution < 1.29 is 9.53 Å². The first kappa shape index (κ1) is 15.8. The van der Waals surface area contributed by atoms with Crippen LogP contribution >= 0.6 is 0 Å². The zero-order valence-electron chi connectivity index (χ0n) is 12.6. The maximum Gasteiger partial charge on any atom is 0.224 e. The van der Waals surface area contributed by atoms with Crippen LogP contribution < -0.4 is 15.8 Å². The number of benzene rings is 1. The lowest BCUT2D eigenvalue weighted by atomic mass is 9.96. The molecule has 0 unspecified atom stereocenters. The van der Waals surface area contributed by atoms with Crippen LogP contribution in [-0.4, -0.2) is 19.1 Å². The summed E-state index contributed by atoms with van der Waals surface area (Å²) in [6, 6.07) is 7.52. The molecule has 2 rings (SSSR count). The number of rotatable bonds is 6. The number of hydrogen-bond donors (Lipinski definition) is 2. The van der Waals surface area contributed by atoms with E-state index in [1.165, 1.54) is 38.5 Å². The molecule has 1 aliphatic rings. The summed E-state index contributed by atoms with van der Waals surface area (Å²) in [6.07, 6.45) is 8.12. The smallest absolute Gasteiger partial charge is 0.224 e. The van der Waals surface area contributed by atoms with E-state index in [0.29, 0.717) is 31.2 Å². The number of nitrogens with one attached hydrogen (secondary N) is 1. The van der Waals surface area contributed by atoms with Crippen LogP contribution in [0.1, 0.15) is 44.9 Å². The van der Waals surface area contributed by atoms with Gasteiger partial charge in [0.2, 0.25) is 5.91 Å². The topological polar surface area (TPSA) is 64.3 Å². The van der Waals surface area contributed by atoms with Gasteiger partial charge in [-0.2, -0.15) is 0 Å². The predicted octanol–water partition coefficient (Wildman–Crippen LogP) is 3.32. The highest BCUT2D eigenvalue weighted by Crippen LogP contribution is 2.27. The highest BCUT2D eigenvalue weighted by atomic mass is 16.5. The van der Waals surface area contributed by atoms with Crippen LogP contribution in [0.15, 0.2) is 24.3 Å². The zero-order valence-corrected chi connectivity index (χ0v) is 12.6. The fourth-order valence-electron chi connectivity index (χ4n) is 2.90. The number of carbonyl (C=O) groups excluding carboxylic acids is 1. The molecule has 0 bridgehead atoms. The molecule has 0 aromatic heterocycles. The normalized spacial score (nSPS) is 16.2. The van der Waals surface area contributed by atoms with Crippen molar-refractivity contribution in [2.45, 2.75) is 44.9 Å². The van der Waals surface area contributed by atoms with Crippen LogP contribution in [-0.2, 0) is 4.79 Å². The van der Waals surface area contributed by atoms with Gasteiger partial charge in [-0.3, -0.25) is 4.79 Å². The van der Waals surface area contributed by atoms with Gasteiger partial charge in [0.05, 0.1) is 5.69 Å². The van der Waals surface area contributed by atoms with E-state index in [0.717, 1.165) is 5.69 Å². The highest BCUT2D eigenvalue weighted by Gasteiger charge is 2.17. The summed E-state index contributed by atoms with van der Waals surface area (Å²) >= 11 is 0. The quantitative estimate of drug-likeness (QED) is 0.790. The Bertz CT molecular complexity index is 440. The van der Waals surface area contributed by atoms with Gasteiger partial charge in [0.1, 0.15) is 12.4 Å². The predicted molar refractivity (Wildman–Crippen MR) is 85.4 cm³/mol. The minimum Gasteiger partial charge on any atom is -0.490 e. The average molecular weight is 290 g/mol. The van der Waals surface area contributed by atoms with E-state index < -0.39 is 0 Å². The lowest BCUT2D eigenvalue weighted by Gasteiger charge is -2.15. The van der Waals surface area contributed by atoms with E-state index in [4.69, 9.17) is 10.5 Å². The fourth-order valence-corrected chi connectivity index (χ4v) is 2.90. The summed E-state index contributed by atoms with van der Waals surface area (Å²) < 4.78 is 5.56. The second kappa shape index (κ2) is 8.67. The van der Waals surface area contributed by atoms with Crippen LogP contribution in [0, 0.1) is 5.92 Å². The molecular weight excluding hydrogens is 264 g/mol. The maximum atomic E-state index is 12.2. The molecule has 1 amide bonds. The first-order valence-corrected chi connectivity index (χ1v) is 8.01. The molecule has 4 nitrogen and oxygen atoms in total. The Morgan fingerprint density at radius 2 is 1.90 bits per heavy atom. The molecule has 116 valence electrons. The molecular formula is C17H26N2O2. The van der Waals surface area contributed by atoms with Crippen LogP contribution in [0.2, 0.25) is 0 Å². The molecule has 1 fully saturated rings. The van der Waals surface area contributed by atoms with Crippen LogP contribution in [0.5, 0.6) is 5.75 Å². The molecule has 0 radical (unpaired) electrons. The van der Waals surface area contributed by atoms with Gasteiger partial charge in [-0.1, -0.05) is 37.8 Å². The SMILES string of the molecule is NCCOc1ccccc1NC(=O)CC1CCCCCC1. The van der Waals surface area contributed by atoms with Gasteiger partial charge in [-0.05, 0) is 30.9 Å². The van der Waals surface area contributed by atoms with E-state index in [-0.39, 0.29) is 5.91 Å². The molecule has 1 aliphatic carbocycles. The third-order valence-electron chi connectivity index (χ3n) is 3.99. The second-order valence-corrected chi connectivity index (χ2v) is 5.74. The van der Waals surface area contributed by atoms with Crippen molar-refractivity contribution in [2.24, 2.45) is 11.7 Å². The minimum atomic E-state index is 0.0886. The zero-order chi connectivity index (χ0) is 14.9. The van der Waals surface area contributed by atoms with E-state index in [2.05, 4.69) is 5.32 Å². The lowest BCUT2D eigenvalue weighted by Crippen LogP contribution is -2.17. The van der Waals surface area contributed by atoms with E-state index in [9.17, 15) is 4.79 Å². The molecule has 4 heteroatoms. The Morgan fingerprint density at radius 1 is 1.19 bits per heavy atom. The summed E-state index contributed by atoms with van der Waals surface area (Å²) in [7, 11) is 0. The molecule has 21 heavy (non-hydrogen) atoms. The van der Waals surface area contributed by atoms with Crippen LogP contribution in [0.25, 0.3) is 0 Å². The molecule has 0 heterocycles. The molecule has 0 saturated heterocycles. The number of carbonyl (C=O) groups is 1. The van der Waals surface area contributed by atoms with Gasteiger partial charge in [0.15, 0.2) is 0 Å². The first-order valence-electron chi connectivity index (χ1n) is 8.01. The second-order valence-electron chi connectivity index (χ2n) is 5.74. The average Bonchev–Trinajstić information content (AvgIpc) is 2.75. The number of ether oxygens (including phenoxy) is 1. The third-order valence-corrected chi connectivity index (χ3v) is 3.99. The van der Waals surface area contributed by atoms with Crippen molar-refractivity contribution in [1.29, 1.82) is 0 Å². The Morgan fingerprint density at radius 3 is 2.62 bits per heavy atom. The summed E-state index contributed by atoms with van der Waals surface area (Å²) in [5.74, 6) is 1.31. The molecule has 1 saturated carbocycles. The van der Waals surface area contributed by atoms with Crippen molar-refractivity contribution >= 4 is 11.6 Å². The van der Waals surface area contributed by atoms with Gasteiger partial charge in [0, 0.05) is 13.0 Å². The maximum absolute atomic E-state index is 12.2. The number of anilines is 1. The molecule has 0 spiro atoms. The standard InChI is InChI=1S/C17H26N2O2/c18-11-12-21-16-10-6-5-9-15(16)19-17(20)13-14-7-3-1-2-4-8-14/h5-6,9-10,14H,1-4,7-8,11-13,18H2,(H,19,20). The van der Waals surface area contributed by atoms with Gasteiger partial charge >= 0.3 is 0 Å². The summed E-state index contributed by atoms with van der Waals surface area (Å²) in [6.45, 7) is 0.917. The van der Waals surface area contributed by atoms with Crippen molar-refractivity contribution in [3.63, 3.8) is 0 Å². The van der Waals surface area contributed by atoms with E-state index in [1.54, 1.807) is 0 Å². The Balaban J connectivity index is 1.89. The van der Waals surface area contributed by atoms with Crippen molar-refractivity contribution in [3.8, 4) is 5.75 Å². The monoisotopic (exact) mass is 290 g/mol. The first-order chi connectivity index (χ1) is 10.3. The van der Waals surface area contributed by atoms with Crippen LogP contribution in [0.4, 0.5) is 5.69 Å². The molecule has 1 aromatic rings. The summed E-state index contributed by atoms with van der Waals surface area (Å²) in [4.78, 5) is 12.2. The number of hydrogen-bond acceptors (Lipinski definition) is 3. The van der Waals surface area contributed by atoms with E-state index >= 15 is 0 Å². The number of amides is 1. The van der Waals surface area contributed by atoms with Gasteiger partial charge < -0.3 is 15.8 Å². The van der Waals surface area contributed by atoms with Crippen LogP contribution in [0.3, 0.4) is 0 Å². The fraction of sp³-hybridized carbons (Fsp3) is 0.588. The largest absolute Gasteiger partial charge is 0.490 e. The van der Waals surface area contributed by atoms with Crippen molar-refractivity contribution in [3.05, 3.63) is 24.3 Å². The van der Waals surface area contributed by atoms with Gasteiger partial charge in [0.25, 0.3) is 0 Å². The highest BCUT2D eigenvalue weighted by molar-refractivity contribution is 5.92. The Labute approximate surface area is 127 Å².